The van der Waals surface area contributed by atoms with E-state index in [2.05, 4.69) is 6.07 Å². The third-order valence-electron chi connectivity index (χ3n) is 5.05. The second-order valence-electron chi connectivity index (χ2n) is 7.16. The van der Waals surface area contributed by atoms with E-state index >= 15 is 0 Å². The number of benzene rings is 1. The van der Waals surface area contributed by atoms with Crippen molar-refractivity contribution in [2.75, 3.05) is 7.11 Å². The normalized spacial score (nSPS) is 22.5. The van der Waals surface area contributed by atoms with Crippen LogP contribution in [0.25, 0.3) is 0 Å². The summed E-state index contributed by atoms with van der Waals surface area (Å²) in [7, 11) is 1.14. The minimum absolute atomic E-state index is 0.413. The summed E-state index contributed by atoms with van der Waals surface area (Å²) in [6, 6.07) is 6.10. The molecule has 0 unspecified atom stereocenters. The van der Waals surface area contributed by atoms with Crippen molar-refractivity contribution in [3.63, 3.8) is 0 Å². The number of nitrogens with zero attached hydrogens (tertiary/aromatic N) is 1. The van der Waals surface area contributed by atoms with E-state index in [9.17, 15) is 5.26 Å². The predicted molar refractivity (Wildman–Crippen MR) is 85.4 cm³/mol. The van der Waals surface area contributed by atoms with Crippen LogP contribution in [0.3, 0.4) is 0 Å². The first-order valence-electron chi connectivity index (χ1n) is 7.76. The average Bonchev–Trinajstić information content (AvgIpc) is 3.25. The van der Waals surface area contributed by atoms with Crippen LogP contribution >= 0.6 is 0 Å². The topological polar surface area (TPSA) is 51.5 Å². The Kier molecular flexibility index (Phi) is 3.50. The molecule has 1 aliphatic heterocycles. The molecule has 0 N–H and O–H groups in total. The Morgan fingerprint density at radius 3 is 2.23 bits per heavy atom. The maximum Gasteiger partial charge on any atom is 0.496 e. The molecule has 1 saturated heterocycles. The number of rotatable bonds is 3. The van der Waals surface area contributed by atoms with Crippen molar-refractivity contribution in [2.45, 2.75) is 57.7 Å². The minimum atomic E-state index is -0.511. The van der Waals surface area contributed by atoms with Crippen molar-refractivity contribution in [2.24, 2.45) is 0 Å². The first-order valence-corrected chi connectivity index (χ1v) is 7.76. The lowest BCUT2D eigenvalue weighted by atomic mass is 9.75. The van der Waals surface area contributed by atoms with Gasteiger partial charge >= 0.3 is 7.12 Å². The molecule has 0 bridgehead atoms. The molecule has 2 aliphatic rings. The van der Waals surface area contributed by atoms with Gasteiger partial charge in [-0.05, 0) is 58.1 Å². The molecule has 0 amide bonds. The predicted octanol–water partition coefficient (Wildman–Crippen LogP) is 2.74. The van der Waals surface area contributed by atoms with Crippen LogP contribution in [0.4, 0.5) is 0 Å². The molecule has 1 aliphatic carbocycles. The Hall–Kier alpha value is -1.51. The van der Waals surface area contributed by atoms with Crippen molar-refractivity contribution in [1.29, 1.82) is 5.26 Å². The van der Waals surface area contributed by atoms with E-state index < -0.39 is 18.3 Å². The van der Waals surface area contributed by atoms with Crippen LogP contribution in [0, 0.1) is 11.3 Å². The van der Waals surface area contributed by atoms with Crippen molar-refractivity contribution in [3.8, 4) is 11.8 Å². The van der Waals surface area contributed by atoms with Gasteiger partial charge in [0.1, 0.15) is 5.75 Å². The van der Waals surface area contributed by atoms with Crippen molar-refractivity contribution in [3.05, 3.63) is 23.3 Å². The largest absolute Gasteiger partial charge is 0.496 e. The Balaban J connectivity index is 2.04. The van der Waals surface area contributed by atoms with Gasteiger partial charge in [0.15, 0.2) is 0 Å². The smallest absolute Gasteiger partial charge is 0.496 e. The molecule has 3 rings (SSSR count). The van der Waals surface area contributed by atoms with Gasteiger partial charge in [-0.25, -0.2) is 0 Å². The van der Waals surface area contributed by atoms with Gasteiger partial charge in [0, 0.05) is 5.46 Å². The van der Waals surface area contributed by atoms with E-state index in [1.54, 1.807) is 7.11 Å². The maximum absolute atomic E-state index is 9.49. The van der Waals surface area contributed by atoms with Gasteiger partial charge in [-0.15, -0.1) is 0 Å². The lowest BCUT2D eigenvalue weighted by Crippen LogP contribution is -2.41. The molecule has 4 nitrogen and oxygen atoms in total. The van der Waals surface area contributed by atoms with E-state index in [4.69, 9.17) is 14.0 Å². The summed E-state index contributed by atoms with van der Waals surface area (Å²) < 4.78 is 17.7. The summed E-state index contributed by atoms with van der Waals surface area (Å²) in [6.45, 7) is 8.07. The van der Waals surface area contributed by atoms with Crippen LogP contribution in [-0.4, -0.2) is 25.4 Å². The lowest BCUT2D eigenvalue weighted by molar-refractivity contribution is 0.00578. The summed E-state index contributed by atoms with van der Waals surface area (Å²) in [5.74, 6) is 1.32. The van der Waals surface area contributed by atoms with Gasteiger partial charge in [0.05, 0.1) is 29.9 Å². The van der Waals surface area contributed by atoms with Crippen LogP contribution < -0.4 is 10.2 Å². The zero-order chi connectivity index (χ0) is 16.1. The standard InChI is InChI=1S/C17H22BNO3/c1-16(2)17(3,4)22-18(21-16)14-9-13(11-6-7-11)15(20-5)8-12(14)10-19/h8-9,11H,6-7H2,1-5H3. The van der Waals surface area contributed by atoms with Crippen LogP contribution in [-0.2, 0) is 9.31 Å². The minimum Gasteiger partial charge on any atom is -0.496 e. The maximum atomic E-state index is 9.49. The summed E-state index contributed by atoms with van der Waals surface area (Å²) in [6.07, 6.45) is 2.34. The van der Waals surface area contributed by atoms with Gasteiger partial charge in [0.2, 0.25) is 0 Å². The van der Waals surface area contributed by atoms with Crippen molar-refractivity contribution >= 4 is 12.6 Å². The second kappa shape index (κ2) is 5.01. The molecule has 0 atom stereocenters. The van der Waals surface area contributed by atoms with E-state index in [1.165, 1.54) is 12.8 Å². The monoisotopic (exact) mass is 299 g/mol. The summed E-state index contributed by atoms with van der Waals surface area (Å²) in [5, 5.41) is 9.49. The molecule has 116 valence electrons. The van der Waals surface area contributed by atoms with Crippen molar-refractivity contribution in [1.82, 2.24) is 0 Å². The Bertz CT molecular complexity index is 628. The highest BCUT2D eigenvalue weighted by molar-refractivity contribution is 6.63. The number of hydrogen-bond acceptors (Lipinski definition) is 4. The second-order valence-corrected chi connectivity index (χ2v) is 7.16. The molecule has 1 aromatic rings. The zero-order valence-corrected chi connectivity index (χ0v) is 13.9. The van der Waals surface area contributed by atoms with Gasteiger partial charge in [-0.3, -0.25) is 0 Å². The first-order chi connectivity index (χ1) is 10.3. The highest BCUT2D eigenvalue weighted by atomic mass is 16.7. The Labute approximate surface area is 132 Å². The number of hydrogen-bond donors (Lipinski definition) is 0. The van der Waals surface area contributed by atoms with Gasteiger partial charge in [0.25, 0.3) is 0 Å². The van der Waals surface area contributed by atoms with Gasteiger partial charge < -0.3 is 14.0 Å². The molecule has 2 fully saturated rings. The molecular formula is C17H22BNO3. The molecule has 0 aromatic heterocycles. The molecule has 5 heteroatoms. The first kappa shape index (κ1) is 15.4. The fraction of sp³-hybridized carbons (Fsp3) is 0.588. The summed E-state index contributed by atoms with van der Waals surface area (Å²) >= 11 is 0. The highest BCUT2D eigenvalue weighted by Crippen LogP contribution is 2.44. The van der Waals surface area contributed by atoms with Crippen molar-refractivity contribution < 1.29 is 14.0 Å². The van der Waals surface area contributed by atoms with Crippen LogP contribution in [0.1, 0.15) is 57.6 Å². The Morgan fingerprint density at radius 2 is 1.77 bits per heavy atom. The lowest BCUT2D eigenvalue weighted by Gasteiger charge is -2.32. The molecule has 22 heavy (non-hydrogen) atoms. The fourth-order valence-electron chi connectivity index (χ4n) is 2.77. The number of nitriles is 1. The molecule has 0 spiro atoms. The molecular weight excluding hydrogens is 277 g/mol. The van der Waals surface area contributed by atoms with Crippen LogP contribution in [0.15, 0.2) is 12.1 Å². The van der Waals surface area contributed by atoms with E-state index in [0.29, 0.717) is 11.5 Å². The van der Waals surface area contributed by atoms with E-state index in [-0.39, 0.29) is 0 Å². The molecule has 1 aromatic carbocycles. The third kappa shape index (κ3) is 2.41. The quantitative estimate of drug-likeness (QED) is 0.805. The molecule has 1 heterocycles. The molecule has 1 saturated carbocycles. The number of methoxy groups -OCH3 is 1. The fourth-order valence-corrected chi connectivity index (χ4v) is 2.77. The summed E-state index contributed by atoms with van der Waals surface area (Å²) in [5.41, 5.74) is 1.70. The van der Waals surface area contributed by atoms with Crippen LogP contribution in [0.5, 0.6) is 5.75 Å². The molecule has 0 radical (unpaired) electrons. The summed E-state index contributed by atoms with van der Waals surface area (Å²) in [4.78, 5) is 0. The number of ether oxygens (including phenoxy) is 1. The Morgan fingerprint density at radius 1 is 1.18 bits per heavy atom. The third-order valence-corrected chi connectivity index (χ3v) is 5.05. The van der Waals surface area contributed by atoms with E-state index in [0.717, 1.165) is 16.8 Å². The average molecular weight is 299 g/mol. The SMILES string of the molecule is COc1cc(C#N)c(B2OC(C)(C)C(C)(C)O2)cc1C1CC1. The van der Waals surface area contributed by atoms with Gasteiger partial charge in [-0.1, -0.05) is 6.07 Å². The zero-order valence-electron chi connectivity index (χ0n) is 13.9. The van der Waals surface area contributed by atoms with Gasteiger partial charge in [-0.2, -0.15) is 5.26 Å². The highest BCUT2D eigenvalue weighted by Gasteiger charge is 2.52. The van der Waals surface area contributed by atoms with Crippen LogP contribution in [0.2, 0.25) is 0 Å². The van der Waals surface area contributed by atoms with E-state index in [1.807, 2.05) is 39.8 Å².